The van der Waals surface area contributed by atoms with Gasteiger partial charge in [-0.1, -0.05) is 146 Å². The van der Waals surface area contributed by atoms with E-state index in [1.165, 1.54) is 4.90 Å². The molecule has 49 heavy (non-hydrogen) atoms. The second-order valence-electron chi connectivity index (χ2n) is 13.3. The van der Waals surface area contributed by atoms with Crippen LogP contribution in [0.5, 0.6) is 0 Å². The first-order chi connectivity index (χ1) is 23.9. The standard InChI is InChI=1S/C43H37N3O3/c1-44(2)46-35-28-34(29-18-8-3-9-19-29)36-38(41(48)45(40(36)47)33-26-16-7-17-27-33)37(35)39(30-20-10-4-11-21-30)43(42(46)49,31-22-12-5-13-23-31)32-24-14-6-15-25-32/h3-28,34,36-39H,1-2H3/t34-,36-,37-,38-,39-/m1/s1. The van der Waals surface area contributed by atoms with Crippen LogP contribution in [0.3, 0.4) is 0 Å². The lowest BCUT2D eigenvalue weighted by Gasteiger charge is -2.57. The lowest BCUT2D eigenvalue weighted by atomic mass is 9.51. The molecule has 3 aliphatic rings. The minimum absolute atomic E-state index is 0.104. The second-order valence-corrected chi connectivity index (χ2v) is 13.3. The molecule has 8 rings (SSSR count). The fourth-order valence-corrected chi connectivity index (χ4v) is 8.84. The van der Waals surface area contributed by atoms with E-state index in [9.17, 15) is 4.79 Å². The van der Waals surface area contributed by atoms with Gasteiger partial charge in [-0.25, -0.2) is 10.0 Å². The van der Waals surface area contributed by atoms with E-state index >= 15 is 9.59 Å². The average molecular weight is 644 g/mol. The predicted octanol–water partition coefficient (Wildman–Crippen LogP) is 7.18. The summed E-state index contributed by atoms with van der Waals surface area (Å²) in [5.41, 5.74) is 3.62. The van der Waals surface area contributed by atoms with Crippen LogP contribution in [0.4, 0.5) is 5.69 Å². The highest BCUT2D eigenvalue weighted by molar-refractivity contribution is 6.23. The van der Waals surface area contributed by atoms with Crippen LogP contribution < -0.4 is 4.90 Å². The minimum Gasteiger partial charge on any atom is -0.274 e. The number of benzene rings is 5. The maximum atomic E-state index is 15.8. The quantitative estimate of drug-likeness (QED) is 0.184. The Morgan fingerprint density at radius 3 is 1.49 bits per heavy atom. The van der Waals surface area contributed by atoms with Crippen molar-refractivity contribution in [1.82, 2.24) is 10.0 Å². The van der Waals surface area contributed by atoms with Gasteiger partial charge in [0.25, 0.3) is 5.91 Å². The summed E-state index contributed by atoms with van der Waals surface area (Å²) in [7, 11) is 3.75. The summed E-state index contributed by atoms with van der Waals surface area (Å²) in [6.45, 7) is 0. The molecule has 0 saturated carbocycles. The van der Waals surface area contributed by atoms with Crippen LogP contribution in [0.25, 0.3) is 0 Å². The highest BCUT2D eigenvalue weighted by atomic mass is 16.2. The maximum Gasteiger partial charge on any atom is 0.257 e. The minimum atomic E-state index is -1.23. The number of hydrogen-bond acceptors (Lipinski definition) is 4. The smallest absolute Gasteiger partial charge is 0.257 e. The van der Waals surface area contributed by atoms with Gasteiger partial charge in [0.15, 0.2) is 0 Å². The first kappa shape index (κ1) is 30.7. The summed E-state index contributed by atoms with van der Waals surface area (Å²) >= 11 is 0. The number of amides is 3. The molecule has 2 heterocycles. The zero-order valence-electron chi connectivity index (χ0n) is 27.5. The van der Waals surface area contributed by atoms with E-state index in [4.69, 9.17) is 0 Å². The van der Waals surface area contributed by atoms with Gasteiger partial charge in [-0.2, -0.15) is 0 Å². The van der Waals surface area contributed by atoms with Gasteiger partial charge in [0.05, 0.1) is 17.5 Å². The van der Waals surface area contributed by atoms with E-state index in [2.05, 4.69) is 18.2 Å². The number of imide groups is 1. The molecule has 0 aromatic heterocycles. The summed E-state index contributed by atoms with van der Waals surface area (Å²) in [6, 6.07) is 49.1. The summed E-state index contributed by atoms with van der Waals surface area (Å²) < 4.78 is 0. The molecule has 5 aromatic carbocycles. The topological polar surface area (TPSA) is 60.9 Å². The molecule has 0 N–H and O–H groups in total. The lowest BCUT2D eigenvalue weighted by Crippen LogP contribution is -2.64. The van der Waals surface area contributed by atoms with Crippen LogP contribution in [0.1, 0.15) is 34.1 Å². The first-order valence-corrected chi connectivity index (χ1v) is 16.8. The number of anilines is 1. The molecule has 0 bridgehead atoms. The molecule has 1 aliphatic carbocycles. The fraction of sp³-hybridized carbons (Fsp3) is 0.186. The molecule has 5 atom stereocenters. The van der Waals surface area contributed by atoms with Crippen molar-refractivity contribution in [2.24, 2.45) is 17.8 Å². The molecule has 2 aliphatic heterocycles. The van der Waals surface area contributed by atoms with Crippen molar-refractivity contribution in [3.05, 3.63) is 186 Å². The molecule has 6 heteroatoms. The zero-order valence-corrected chi connectivity index (χ0v) is 27.5. The molecule has 242 valence electrons. The van der Waals surface area contributed by atoms with E-state index in [0.717, 1.165) is 28.0 Å². The molecule has 3 amide bonds. The van der Waals surface area contributed by atoms with Gasteiger partial charge < -0.3 is 0 Å². The predicted molar refractivity (Wildman–Crippen MR) is 190 cm³/mol. The van der Waals surface area contributed by atoms with Crippen LogP contribution in [0, 0.1) is 17.8 Å². The first-order valence-electron chi connectivity index (χ1n) is 16.8. The number of hydrazine groups is 1. The number of allylic oxidation sites excluding steroid dienone is 2. The molecular weight excluding hydrogens is 606 g/mol. The Kier molecular flexibility index (Phi) is 7.61. The van der Waals surface area contributed by atoms with Crippen molar-refractivity contribution < 1.29 is 14.4 Å². The Morgan fingerprint density at radius 2 is 0.980 bits per heavy atom. The van der Waals surface area contributed by atoms with Crippen LogP contribution >= 0.6 is 0 Å². The zero-order chi connectivity index (χ0) is 33.7. The van der Waals surface area contributed by atoms with Crippen LogP contribution in [0.2, 0.25) is 0 Å². The van der Waals surface area contributed by atoms with Gasteiger partial charge in [0.1, 0.15) is 5.41 Å². The van der Waals surface area contributed by atoms with Gasteiger partial charge >= 0.3 is 0 Å². The molecular formula is C43H37N3O3. The third-order valence-corrected chi connectivity index (χ3v) is 10.7. The molecule has 2 saturated heterocycles. The number of rotatable bonds is 6. The number of para-hydroxylation sites is 1. The van der Waals surface area contributed by atoms with E-state index < -0.39 is 35.0 Å². The highest BCUT2D eigenvalue weighted by Gasteiger charge is 2.67. The number of carbonyl (C=O) groups is 3. The van der Waals surface area contributed by atoms with Gasteiger partial charge in [-0.15, -0.1) is 0 Å². The Bertz CT molecular complexity index is 1990. The van der Waals surface area contributed by atoms with E-state index in [-0.39, 0.29) is 17.7 Å². The Hall–Kier alpha value is -5.59. The van der Waals surface area contributed by atoms with Crippen LogP contribution in [0.15, 0.2) is 163 Å². The number of carbonyl (C=O) groups excluding carboxylic acids is 3. The monoisotopic (exact) mass is 643 g/mol. The van der Waals surface area contributed by atoms with E-state index in [1.54, 1.807) is 5.01 Å². The van der Waals surface area contributed by atoms with Crippen molar-refractivity contribution in [3.8, 4) is 0 Å². The summed E-state index contributed by atoms with van der Waals surface area (Å²) in [6.07, 6.45) is 2.11. The van der Waals surface area contributed by atoms with Gasteiger partial charge in [-0.05, 0) is 34.4 Å². The van der Waals surface area contributed by atoms with E-state index in [0.29, 0.717) is 5.69 Å². The Labute approximate surface area is 286 Å². The maximum absolute atomic E-state index is 15.8. The van der Waals surface area contributed by atoms with Crippen LogP contribution in [-0.2, 0) is 19.8 Å². The normalized spacial score (nSPS) is 24.4. The van der Waals surface area contributed by atoms with Gasteiger partial charge in [0, 0.05) is 37.5 Å². The summed E-state index contributed by atoms with van der Waals surface area (Å²) in [4.78, 5) is 47.2. The summed E-state index contributed by atoms with van der Waals surface area (Å²) in [5, 5.41) is 3.61. The van der Waals surface area contributed by atoms with Crippen molar-refractivity contribution in [2.75, 3.05) is 19.0 Å². The number of hydrogen-bond donors (Lipinski definition) is 0. The SMILES string of the molecule is CN(C)N1C(=O)C(c2ccccc2)(c2ccccc2)[C@H](c2ccccc2)[C@@H]2C1=C[C@H](c1ccccc1)[C@H]1C(=O)N(c3ccccc3)C(=O)[C@@H]21. The van der Waals surface area contributed by atoms with Crippen molar-refractivity contribution in [2.45, 2.75) is 17.3 Å². The Morgan fingerprint density at radius 1 is 0.531 bits per heavy atom. The lowest BCUT2D eigenvalue weighted by molar-refractivity contribution is -0.156. The highest BCUT2D eigenvalue weighted by Crippen LogP contribution is 2.63. The van der Waals surface area contributed by atoms with Crippen molar-refractivity contribution >= 4 is 23.4 Å². The largest absolute Gasteiger partial charge is 0.274 e. The van der Waals surface area contributed by atoms with E-state index in [1.807, 2.05) is 159 Å². The molecule has 0 radical (unpaired) electrons. The van der Waals surface area contributed by atoms with Crippen molar-refractivity contribution in [3.63, 3.8) is 0 Å². The number of piperidine rings is 1. The molecule has 5 aromatic rings. The average Bonchev–Trinajstić information content (AvgIpc) is 3.41. The third-order valence-electron chi connectivity index (χ3n) is 10.7. The molecule has 2 fully saturated rings. The molecule has 0 unspecified atom stereocenters. The second kappa shape index (κ2) is 12.1. The Balaban J connectivity index is 1.48. The van der Waals surface area contributed by atoms with Gasteiger partial charge in [0.2, 0.25) is 11.8 Å². The third kappa shape index (κ3) is 4.62. The molecule has 6 nitrogen and oxygen atoms in total. The molecule has 0 spiro atoms. The van der Waals surface area contributed by atoms with Crippen LogP contribution in [-0.4, -0.2) is 41.8 Å². The number of nitrogens with zero attached hydrogens (tertiary/aromatic N) is 3. The number of fused-ring (bicyclic) bond motifs is 3. The van der Waals surface area contributed by atoms with Gasteiger partial charge in [-0.3, -0.25) is 19.3 Å². The fourth-order valence-electron chi connectivity index (χ4n) is 8.84. The summed E-state index contributed by atoms with van der Waals surface area (Å²) in [5.74, 6) is -3.44. The van der Waals surface area contributed by atoms with Crippen molar-refractivity contribution in [1.29, 1.82) is 0 Å².